The van der Waals surface area contributed by atoms with Crippen molar-refractivity contribution in [2.45, 2.75) is 60.1 Å². The average Bonchev–Trinajstić information content (AvgIpc) is 2.70. The molecular formula is C21H35F2N3O3. The minimum atomic E-state index is -2.90. The molecule has 0 fully saturated rings. The molecule has 0 aliphatic carbocycles. The molecular weight excluding hydrogens is 380 g/mol. The Labute approximate surface area is 172 Å². The SMILES string of the molecule is CCNC(=NCc1ccc(OC(F)F)c(OCC)c1)NCC(CC)(CC)CCO. The summed E-state index contributed by atoms with van der Waals surface area (Å²) in [4.78, 5) is 4.59. The summed E-state index contributed by atoms with van der Waals surface area (Å²) in [5, 5.41) is 16.0. The van der Waals surface area contributed by atoms with Gasteiger partial charge in [-0.1, -0.05) is 19.9 Å². The molecule has 3 N–H and O–H groups in total. The first-order chi connectivity index (χ1) is 13.9. The minimum Gasteiger partial charge on any atom is -0.490 e. The van der Waals surface area contributed by atoms with Crippen LogP contribution in [-0.2, 0) is 6.54 Å². The van der Waals surface area contributed by atoms with Gasteiger partial charge in [0.1, 0.15) is 0 Å². The molecule has 1 rings (SSSR count). The highest BCUT2D eigenvalue weighted by atomic mass is 19.3. The molecule has 1 aromatic rings. The third-order valence-electron chi connectivity index (χ3n) is 5.06. The van der Waals surface area contributed by atoms with Crippen molar-refractivity contribution in [3.05, 3.63) is 23.8 Å². The number of rotatable bonds is 13. The molecule has 0 aromatic heterocycles. The van der Waals surface area contributed by atoms with Crippen molar-refractivity contribution in [2.24, 2.45) is 10.4 Å². The molecule has 0 saturated carbocycles. The molecule has 0 radical (unpaired) electrons. The van der Waals surface area contributed by atoms with E-state index < -0.39 is 6.61 Å². The van der Waals surface area contributed by atoms with Crippen LogP contribution in [0.25, 0.3) is 0 Å². The van der Waals surface area contributed by atoms with Crippen LogP contribution in [-0.4, -0.2) is 44.0 Å². The van der Waals surface area contributed by atoms with Crippen molar-refractivity contribution in [1.82, 2.24) is 10.6 Å². The Morgan fingerprint density at radius 2 is 1.86 bits per heavy atom. The lowest BCUT2D eigenvalue weighted by molar-refractivity contribution is -0.0514. The van der Waals surface area contributed by atoms with Crippen molar-refractivity contribution in [3.8, 4) is 11.5 Å². The first-order valence-electron chi connectivity index (χ1n) is 10.3. The predicted octanol–water partition coefficient (Wildman–Crippen LogP) is 3.93. The number of hydrogen-bond acceptors (Lipinski definition) is 4. The average molecular weight is 416 g/mol. The molecule has 29 heavy (non-hydrogen) atoms. The van der Waals surface area contributed by atoms with E-state index in [9.17, 15) is 13.9 Å². The maximum atomic E-state index is 12.5. The molecule has 8 heteroatoms. The normalized spacial score (nSPS) is 12.2. The number of aliphatic hydroxyl groups is 1. The van der Waals surface area contributed by atoms with Crippen molar-refractivity contribution >= 4 is 5.96 Å². The Balaban J connectivity index is 2.90. The van der Waals surface area contributed by atoms with Gasteiger partial charge in [-0.25, -0.2) is 4.99 Å². The standard InChI is InChI=1S/C21H35F2N3O3/c1-5-21(6-2,11-12-27)15-26-20(24-7-3)25-14-16-9-10-17(29-19(22)23)18(13-16)28-8-4/h9-10,13,19,27H,5-8,11-12,14-15H2,1-4H3,(H2,24,25,26). The number of nitrogens with zero attached hydrogens (tertiary/aromatic N) is 1. The van der Waals surface area contributed by atoms with E-state index in [-0.39, 0.29) is 23.5 Å². The number of aliphatic hydroxyl groups excluding tert-OH is 1. The largest absolute Gasteiger partial charge is 0.490 e. The number of halogens is 2. The monoisotopic (exact) mass is 415 g/mol. The Morgan fingerprint density at radius 1 is 1.14 bits per heavy atom. The fourth-order valence-electron chi connectivity index (χ4n) is 3.07. The molecule has 0 bridgehead atoms. The van der Waals surface area contributed by atoms with E-state index in [0.29, 0.717) is 32.2 Å². The molecule has 0 aliphatic rings. The number of alkyl halides is 2. The van der Waals surface area contributed by atoms with Crippen LogP contribution in [0.15, 0.2) is 23.2 Å². The predicted molar refractivity (Wildman–Crippen MR) is 112 cm³/mol. The van der Waals surface area contributed by atoms with Gasteiger partial charge >= 0.3 is 6.61 Å². The van der Waals surface area contributed by atoms with Crippen LogP contribution in [0.2, 0.25) is 0 Å². The summed E-state index contributed by atoms with van der Waals surface area (Å²) < 4.78 is 35.0. The third-order valence-corrected chi connectivity index (χ3v) is 5.06. The molecule has 0 saturated heterocycles. The first-order valence-corrected chi connectivity index (χ1v) is 10.3. The van der Waals surface area contributed by atoms with Crippen LogP contribution < -0.4 is 20.1 Å². The van der Waals surface area contributed by atoms with Crippen LogP contribution in [0.1, 0.15) is 52.5 Å². The van der Waals surface area contributed by atoms with Gasteiger partial charge in [0.2, 0.25) is 0 Å². The quantitative estimate of drug-likeness (QED) is 0.336. The summed E-state index contributed by atoms with van der Waals surface area (Å²) in [7, 11) is 0. The second-order valence-electron chi connectivity index (χ2n) is 6.82. The van der Waals surface area contributed by atoms with Crippen molar-refractivity contribution in [2.75, 3.05) is 26.3 Å². The molecule has 0 amide bonds. The van der Waals surface area contributed by atoms with Crippen molar-refractivity contribution < 1.29 is 23.4 Å². The van der Waals surface area contributed by atoms with E-state index in [1.807, 2.05) is 6.92 Å². The fraction of sp³-hybridized carbons (Fsp3) is 0.667. The van der Waals surface area contributed by atoms with E-state index >= 15 is 0 Å². The summed E-state index contributed by atoms with van der Waals surface area (Å²) in [5.74, 6) is 0.958. The van der Waals surface area contributed by atoms with Gasteiger partial charge in [-0.15, -0.1) is 0 Å². The lowest BCUT2D eigenvalue weighted by atomic mass is 9.79. The summed E-state index contributed by atoms with van der Waals surface area (Å²) in [6.45, 7) is 7.40. The third kappa shape index (κ3) is 8.43. The summed E-state index contributed by atoms with van der Waals surface area (Å²) >= 11 is 0. The Hall–Kier alpha value is -2.09. The minimum absolute atomic E-state index is 0.0132. The molecule has 0 heterocycles. The lowest BCUT2D eigenvalue weighted by Crippen LogP contribution is -2.43. The zero-order valence-corrected chi connectivity index (χ0v) is 17.9. The number of ether oxygens (including phenoxy) is 2. The lowest BCUT2D eigenvalue weighted by Gasteiger charge is -2.32. The van der Waals surface area contributed by atoms with Gasteiger partial charge in [-0.2, -0.15) is 8.78 Å². The van der Waals surface area contributed by atoms with Crippen molar-refractivity contribution in [1.29, 1.82) is 0 Å². The van der Waals surface area contributed by atoms with Gasteiger partial charge in [0.05, 0.1) is 13.2 Å². The molecule has 0 spiro atoms. The zero-order valence-electron chi connectivity index (χ0n) is 17.9. The van der Waals surface area contributed by atoms with E-state index in [4.69, 9.17) is 4.74 Å². The Bertz CT molecular complexity index is 623. The summed E-state index contributed by atoms with van der Waals surface area (Å²) in [6, 6.07) is 4.84. The van der Waals surface area contributed by atoms with Crippen LogP contribution >= 0.6 is 0 Å². The highest BCUT2D eigenvalue weighted by Gasteiger charge is 2.25. The highest BCUT2D eigenvalue weighted by Crippen LogP contribution is 2.30. The van der Waals surface area contributed by atoms with E-state index in [1.165, 1.54) is 6.07 Å². The second-order valence-corrected chi connectivity index (χ2v) is 6.82. The van der Waals surface area contributed by atoms with Gasteiger partial charge in [0.15, 0.2) is 17.5 Å². The molecule has 166 valence electrons. The van der Waals surface area contributed by atoms with Crippen LogP contribution in [0.5, 0.6) is 11.5 Å². The number of nitrogens with one attached hydrogen (secondary N) is 2. The summed E-state index contributed by atoms with van der Waals surface area (Å²) in [5.41, 5.74) is 0.835. The Morgan fingerprint density at radius 3 is 2.41 bits per heavy atom. The number of benzene rings is 1. The topological polar surface area (TPSA) is 75.1 Å². The smallest absolute Gasteiger partial charge is 0.387 e. The fourth-order valence-corrected chi connectivity index (χ4v) is 3.07. The van der Waals surface area contributed by atoms with Crippen LogP contribution in [0.3, 0.4) is 0 Å². The maximum Gasteiger partial charge on any atom is 0.387 e. The number of aliphatic imine (C=N–C) groups is 1. The molecule has 0 atom stereocenters. The molecule has 1 aromatic carbocycles. The van der Waals surface area contributed by atoms with E-state index in [1.54, 1.807) is 19.1 Å². The van der Waals surface area contributed by atoms with Gasteiger partial charge in [0, 0.05) is 19.7 Å². The van der Waals surface area contributed by atoms with Crippen molar-refractivity contribution in [3.63, 3.8) is 0 Å². The Kier molecular flexibility index (Phi) is 11.3. The first kappa shape index (κ1) is 24.9. The zero-order chi connectivity index (χ0) is 21.7. The van der Waals surface area contributed by atoms with Gasteiger partial charge in [-0.05, 0) is 56.2 Å². The summed E-state index contributed by atoms with van der Waals surface area (Å²) in [6.07, 6.45) is 2.65. The van der Waals surface area contributed by atoms with E-state index in [0.717, 1.165) is 24.8 Å². The van der Waals surface area contributed by atoms with E-state index in [2.05, 4.69) is 34.2 Å². The van der Waals surface area contributed by atoms with Crippen LogP contribution in [0.4, 0.5) is 8.78 Å². The second kappa shape index (κ2) is 13.2. The van der Waals surface area contributed by atoms with Gasteiger partial charge in [0.25, 0.3) is 0 Å². The molecule has 0 unspecified atom stereocenters. The highest BCUT2D eigenvalue weighted by molar-refractivity contribution is 5.79. The number of hydrogen-bond donors (Lipinski definition) is 3. The van der Waals surface area contributed by atoms with Crippen LogP contribution in [0, 0.1) is 5.41 Å². The molecule has 0 aliphatic heterocycles. The maximum absolute atomic E-state index is 12.5. The number of guanidine groups is 1. The van der Waals surface area contributed by atoms with Gasteiger partial charge < -0.3 is 25.2 Å². The molecule has 6 nitrogen and oxygen atoms in total. The van der Waals surface area contributed by atoms with Gasteiger partial charge in [-0.3, -0.25) is 0 Å².